The van der Waals surface area contributed by atoms with Crippen LogP contribution in [-0.4, -0.2) is 25.8 Å². The van der Waals surface area contributed by atoms with Crippen molar-refractivity contribution in [3.8, 4) is 11.2 Å². The first kappa shape index (κ1) is 20.0. The number of benzene rings is 1. The molecule has 0 N–H and O–H groups in total. The van der Waals surface area contributed by atoms with Gasteiger partial charge < -0.3 is 0 Å². The van der Waals surface area contributed by atoms with Gasteiger partial charge >= 0.3 is 0 Å². The number of sulfonamides is 1. The summed E-state index contributed by atoms with van der Waals surface area (Å²) in [6, 6.07) is 8.60. The molecule has 1 aliphatic heterocycles. The number of aryl methyl sites for hydroxylation is 1. The minimum Gasteiger partial charge on any atom is -0.198 e. The molecular weight excluding hydrogens is 330 g/mol. The lowest BCUT2D eigenvalue weighted by atomic mass is 9.90. The Hall–Kier alpha value is -1.31. The molecule has 1 aromatic carbocycles. The Balaban J connectivity index is 1.79. The third-order valence-corrected chi connectivity index (χ3v) is 6.40. The highest BCUT2D eigenvalue weighted by Crippen LogP contribution is 2.29. The molecule has 0 spiro atoms. The second-order valence-electron chi connectivity index (χ2n) is 7.03. The van der Waals surface area contributed by atoms with Crippen LogP contribution >= 0.6 is 0 Å². The molecule has 1 aromatic rings. The van der Waals surface area contributed by atoms with Crippen LogP contribution in [0.25, 0.3) is 0 Å². The summed E-state index contributed by atoms with van der Waals surface area (Å²) >= 11 is 0. The third kappa shape index (κ3) is 6.49. The zero-order valence-corrected chi connectivity index (χ0v) is 16.4. The van der Waals surface area contributed by atoms with Gasteiger partial charge in [0, 0.05) is 24.8 Å². The second kappa shape index (κ2) is 9.99. The van der Waals surface area contributed by atoms with Gasteiger partial charge in [-0.05, 0) is 37.7 Å². The van der Waals surface area contributed by atoms with Gasteiger partial charge in [0.2, 0.25) is 0 Å². The van der Waals surface area contributed by atoms with Crippen molar-refractivity contribution >= 4 is 10.0 Å². The first-order valence-electron chi connectivity index (χ1n) is 9.59. The molecule has 0 radical (unpaired) electrons. The molecule has 0 aliphatic carbocycles. The number of hydrogen-bond acceptors (Lipinski definition) is 2. The first-order chi connectivity index (χ1) is 12.0. The molecule has 25 heavy (non-hydrogen) atoms. The van der Waals surface area contributed by atoms with Crippen LogP contribution in [0.2, 0.25) is 0 Å². The number of hydrogen-bond donors (Lipinski definition) is 0. The smallest absolute Gasteiger partial charge is 0.198 e. The maximum Gasteiger partial charge on any atom is 0.282 e. The maximum atomic E-state index is 12.4. The van der Waals surface area contributed by atoms with E-state index in [4.69, 9.17) is 0 Å². The largest absolute Gasteiger partial charge is 0.282 e. The van der Waals surface area contributed by atoms with E-state index in [1.165, 1.54) is 30.4 Å². The molecule has 4 heteroatoms. The Labute approximate surface area is 153 Å². The van der Waals surface area contributed by atoms with Crippen molar-refractivity contribution < 1.29 is 8.42 Å². The van der Waals surface area contributed by atoms with Crippen molar-refractivity contribution in [2.45, 2.75) is 71.1 Å². The van der Waals surface area contributed by atoms with E-state index in [0.29, 0.717) is 25.4 Å². The molecule has 0 amide bonds. The predicted octanol–water partition coefficient (Wildman–Crippen LogP) is 4.83. The van der Waals surface area contributed by atoms with Gasteiger partial charge in [-0.2, -0.15) is 12.7 Å². The van der Waals surface area contributed by atoms with E-state index < -0.39 is 10.0 Å². The molecule has 138 valence electrons. The summed E-state index contributed by atoms with van der Waals surface area (Å²) in [7, 11) is -3.42. The van der Waals surface area contributed by atoms with Crippen molar-refractivity contribution in [3.05, 3.63) is 35.4 Å². The summed E-state index contributed by atoms with van der Waals surface area (Å²) < 4.78 is 26.3. The summed E-state index contributed by atoms with van der Waals surface area (Å²) in [4.78, 5) is 0. The molecule has 0 saturated carbocycles. The standard InChI is InChI=1S/C21H31NO2S/c1-3-4-5-6-7-8-9-18-25(23,24)22-16-14-21(15-17-22)20-12-10-19(2)11-13-20/h10-13,21H,3-8,14-17H2,1-2H3. The number of unbranched alkanes of at least 4 members (excludes halogenated alkanes) is 5. The predicted molar refractivity (Wildman–Crippen MR) is 105 cm³/mol. The van der Waals surface area contributed by atoms with E-state index in [0.717, 1.165) is 25.7 Å². The van der Waals surface area contributed by atoms with E-state index in [-0.39, 0.29) is 0 Å². The molecule has 0 unspecified atom stereocenters. The zero-order chi connectivity index (χ0) is 18.1. The van der Waals surface area contributed by atoms with Crippen molar-refractivity contribution in [1.82, 2.24) is 4.31 Å². The monoisotopic (exact) mass is 361 g/mol. The molecule has 0 atom stereocenters. The van der Waals surface area contributed by atoms with Crippen molar-refractivity contribution in [2.24, 2.45) is 0 Å². The van der Waals surface area contributed by atoms with Gasteiger partial charge in [0.15, 0.2) is 0 Å². The summed E-state index contributed by atoms with van der Waals surface area (Å²) in [5, 5.41) is 2.53. The average molecular weight is 362 g/mol. The SMILES string of the molecule is CCCCCCCC#CS(=O)(=O)N1CCC(c2ccc(C)cc2)CC1. The Kier molecular flexibility index (Phi) is 7.99. The van der Waals surface area contributed by atoms with Gasteiger partial charge in [-0.25, -0.2) is 0 Å². The molecule has 3 nitrogen and oxygen atoms in total. The quantitative estimate of drug-likeness (QED) is 0.515. The average Bonchev–Trinajstić information content (AvgIpc) is 2.62. The Bertz CT molecular complexity index is 675. The van der Waals surface area contributed by atoms with Crippen LogP contribution < -0.4 is 0 Å². The van der Waals surface area contributed by atoms with Gasteiger partial charge in [-0.3, -0.25) is 0 Å². The molecule has 1 heterocycles. The summed E-state index contributed by atoms with van der Waals surface area (Å²) in [6.07, 6.45) is 8.27. The van der Waals surface area contributed by atoms with Gasteiger partial charge in [0.1, 0.15) is 0 Å². The fraction of sp³-hybridized carbons (Fsp3) is 0.619. The lowest BCUT2D eigenvalue weighted by molar-refractivity contribution is 0.323. The van der Waals surface area contributed by atoms with Crippen LogP contribution in [0.5, 0.6) is 0 Å². The Morgan fingerprint density at radius 3 is 2.32 bits per heavy atom. The van der Waals surface area contributed by atoms with Crippen molar-refractivity contribution in [1.29, 1.82) is 0 Å². The van der Waals surface area contributed by atoms with Crippen LogP contribution in [0.1, 0.15) is 75.3 Å². The number of rotatable bonds is 7. The summed E-state index contributed by atoms with van der Waals surface area (Å²) in [6.45, 7) is 5.42. The van der Waals surface area contributed by atoms with E-state index in [1.807, 2.05) is 0 Å². The van der Waals surface area contributed by atoms with Crippen LogP contribution in [-0.2, 0) is 10.0 Å². The van der Waals surface area contributed by atoms with E-state index in [1.54, 1.807) is 4.31 Å². The first-order valence-corrected chi connectivity index (χ1v) is 11.0. The fourth-order valence-electron chi connectivity index (χ4n) is 3.29. The summed E-state index contributed by atoms with van der Waals surface area (Å²) in [5.41, 5.74) is 2.58. The molecule has 0 aromatic heterocycles. The van der Waals surface area contributed by atoms with Gasteiger partial charge in [0.25, 0.3) is 10.0 Å². The Morgan fingerprint density at radius 1 is 1.04 bits per heavy atom. The Morgan fingerprint density at radius 2 is 1.68 bits per heavy atom. The minimum atomic E-state index is -3.42. The molecule has 0 bridgehead atoms. The topological polar surface area (TPSA) is 37.4 Å². The molecule has 1 aliphatic rings. The minimum absolute atomic E-state index is 0.457. The van der Waals surface area contributed by atoms with Gasteiger partial charge in [-0.15, -0.1) is 0 Å². The van der Waals surface area contributed by atoms with Crippen molar-refractivity contribution in [2.75, 3.05) is 13.1 Å². The highest BCUT2D eigenvalue weighted by molar-refractivity contribution is 7.93. The molecular formula is C21H31NO2S. The lowest BCUT2D eigenvalue weighted by Crippen LogP contribution is -2.37. The third-order valence-electron chi connectivity index (χ3n) is 4.95. The molecule has 1 fully saturated rings. The van der Waals surface area contributed by atoms with Gasteiger partial charge in [0.05, 0.1) is 0 Å². The highest BCUT2D eigenvalue weighted by atomic mass is 32.2. The second-order valence-corrected chi connectivity index (χ2v) is 8.70. The van der Waals surface area contributed by atoms with Crippen LogP contribution in [0.15, 0.2) is 24.3 Å². The van der Waals surface area contributed by atoms with Crippen LogP contribution in [0.3, 0.4) is 0 Å². The lowest BCUT2D eigenvalue weighted by Gasteiger charge is -2.30. The van der Waals surface area contributed by atoms with Crippen LogP contribution in [0.4, 0.5) is 0 Å². The van der Waals surface area contributed by atoms with E-state index >= 15 is 0 Å². The summed E-state index contributed by atoms with van der Waals surface area (Å²) in [5.74, 6) is 3.33. The van der Waals surface area contributed by atoms with E-state index in [2.05, 4.69) is 49.3 Å². The molecule has 1 saturated heterocycles. The fourth-order valence-corrected chi connectivity index (χ4v) is 4.40. The highest BCUT2D eigenvalue weighted by Gasteiger charge is 2.27. The van der Waals surface area contributed by atoms with Crippen molar-refractivity contribution in [3.63, 3.8) is 0 Å². The number of piperidine rings is 1. The normalized spacial score (nSPS) is 16.4. The van der Waals surface area contributed by atoms with E-state index in [9.17, 15) is 8.42 Å². The number of nitrogens with zero attached hydrogens (tertiary/aromatic N) is 1. The van der Waals surface area contributed by atoms with Gasteiger partial charge in [-0.1, -0.05) is 68.4 Å². The van der Waals surface area contributed by atoms with Crippen LogP contribution in [0, 0.1) is 18.1 Å². The molecule has 2 rings (SSSR count). The zero-order valence-electron chi connectivity index (χ0n) is 15.6. The maximum absolute atomic E-state index is 12.4.